The maximum atomic E-state index is 5.32. The standard InChI is InChI=1S/C22H30N4S/c1-5-7-15-26(6-2)20-13-11-19(12-14-20)16-23-25-22(27)24-21-10-8-9-17(3)18(21)4/h8-14,16H,5-7,15H2,1-4H3,(H2,24,25,27). The summed E-state index contributed by atoms with van der Waals surface area (Å²) >= 11 is 5.32. The minimum atomic E-state index is 0.480. The Balaban J connectivity index is 1.90. The SMILES string of the molecule is CCCCN(CC)c1ccc(C=NNC(=S)Nc2cccc(C)c2C)cc1. The van der Waals surface area contributed by atoms with Gasteiger partial charge in [-0.15, -0.1) is 0 Å². The van der Waals surface area contributed by atoms with E-state index in [0.717, 1.165) is 24.3 Å². The number of rotatable bonds is 8. The van der Waals surface area contributed by atoms with E-state index in [1.807, 2.05) is 12.1 Å². The molecule has 0 atom stereocenters. The Morgan fingerprint density at radius 3 is 2.52 bits per heavy atom. The van der Waals surface area contributed by atoms with E-state index in [-0.39, 0.29) is 0 Å². The van der Waals surface area contributed by atoms with Gasteiger partial charge in [0, 0.05) is 24.5 Å². The highest BCUT2D eigenvalue weighted by atomic mass is 32.1. The predicted molar refractivity (Wildman–Crippen MR) is 122 cm³/mol. The number of thiocarbonyl (C=S) groups is 1. The van der Waals surface area contributed by atoms with Crippen molar-refractivity contribution in [2.24, 2.45) is 5.10 Å². The molecule has 2 N–H and O–H groups in total. The zero-order valence-electron chi connectivity index (χ0n) is 16.7. The molecule has 2 rings (SSSR count). The second-order valence-electron chi connectivity index (χ2n) is 6.60. The van der Waals surface area contributed by atoms with Gasteiger partial charge in [-0.25, -0.2) is 0 Å². The van der Waals surface area contributed by atoms with E-state index in [0.29, 0.717) is 5.11 Å². The highest BCUT2D eigenvalue weighted by Gasteiger charge is 2.04. The Bertz CT molecular complexity index is 768. The maximum Gasteiger partial charge on any atom is 0.191 e. The summed E-state index contributed by atoms with van der Waals surface area (Å²) in [7, 11) is 0. The van der Waals surface area contributed by atoms with Crippen molar-refractivity contribution in [1.29, 1.82) is 0 Å². The van der Waals surface area contributed by atoms with Crippen LogP contribution >= 0.6 is 12.2 Å². The normalized spacial score (nSPS) is 10.8. The van der Waals surface area contributed by atoms with Crippen molar-refractivity contribution < 1.29 is 0 Å². The van der Waals surface area contributed by atoms with Crippen LogP contribution in [0.5, 0.6) is 0 Å². The molecule has 4 nitrogen and oxygen atoms in total. The molecule has 0 aromatic heterocycles. The van der Waals surface area contributed by atoms with Gasteiger partial charge in [-0.3, -0.25) is 5.43 Å². The van der Waals surface area contributed by atoms with Crippen LogP contribution in [0.3, 0.4) is 0 Å². The molecule has 0 heterocycles. The summed E-state index contributed by atoms with van der Waals surface area (Å²) in [5, 5.41) is 7.91. The van der Waals surface area contributed by atoms with Crippen LogP contribution in [0.4, 0.5) is 11.4 Å². The topological polar surface area (TPSA) is 39.7 Å². The predicted octanol–water partition coefficient (Wildman–Crippen LogP) is 5.25. The minimum Gasteiger partial charge on any atom is -0.372 e. The van der Waals surface area contributed by atoms with Gasteiger partial charge in [0.1, 0.15) is 0 Å². The van der Waals surface area contributed by atoms with Crippen LogP contribution < -0.4 is 15.6 Å². The molecule has 2 aromatic carbocycles. The Hall–Kier alpha value is -2.40. The molecule has 0 radical (unpaired) electrons. The molecular weight excluding hydrogens is 352 g/mol. The van der Waals surface area contributed by atoms with Gasteiger partial charge < -0.3 is 10.2 Å². The van der Waals surface area contributed by atoms with Crippen molar-refractivity contribution in [2.45, 2.75) is 40.5 Å². The summed E-state index contributed by atoms with van der Waals surface area (Å²) in [5.41, 5.74) is 8.58. The Kier molecular flexibility index (Phi) is 8.27. The fraction of sp³-hybridized carbons (Fsp3) is 0.364. The molecule has 0 aliphatic carbocycles. The lowest BCUT2D eigenvalue weighted by Crippen LogP contribution is -2.24. The number of unbranched alkanes of at least 4 members (excludes halogenated alkanes) is 1. The van der Waals surface area contributed by atoms with Gasteiger partial charge in [-0.05, 0) is 74.3 Å². The van der Waals surface area contributed by atoms with Crippen molar-refractivity contribution in [3.8, 4) is 0 Å². The molecule has 0 aliphatic heterocycles. The number of hydrazone groups is 1. The van der Waals surface area contributed by atoms with Gasteiger partial charge in [-0.1, -0.05) is 37.6 Å². The Morgan fingerprint density at radius 1 is 1.11 bits per heavy atom. The summed E-state index contributed by atoms with van der Waals surface area (Å²) in [6.45, 7) is 10.7. The summed E-state index contributed by atoms with van der Waals surface area (Å²) < 4.78 is 0. The van der Waals surface area contributed by atoms with Gasteiger partial charge in [0.2, 0.25) is 0 Å². The van der Waals surface area contributed by atoms with Gasteiger partial charge in [-0.2, -0.15) is 5.10 Å². The first-order chi connectivity index (χ1) is 13.0. The quantitative estimate of drug-likeness (QED) is 0.372. The van der Waals surface area contributed by atoms with Crippen molar-refractivity contribution in [1.82, 2.24) is 5.43 Å². The van der Waals surface area contributed by atoms with Crippen molar-refractivity contribution in [2.75, 3.05) is 23.3 Å². The van der Waals surface area contributed by atoms with Crippen LogP contribution in [0.25, 0.3) is 0 Å². The molecule has 0 amide bonds. The number of hydrogen-bond acceptors (Lipinski definition) is 3. The third kappa shape index (κ3) is 6.36. The van der Waals surface area contributed by atoms with Crippen LogP contribution in [-0.4, -0.2) is 24.4 Å². The fourth-order valence-electron chi connectivity index (χ4n) is 2.79. The fourth-order valence-corrected chi connectivity index (χ4v) is 2.95. The number of aryl methyl sites for hydroxylation is 1. The Labute approximate surface area is 168 Å². The molecule has 0 saturated carbocycles. The first kappa shape index (κ1) is 20.9. The van der Waals surface area contributed by atoms with Crippen molar-refractivity contribution in [3.05, 3.63) is 59.2 Å². The first-order valence-electron chi connectivity index (χ1n) is 9.56. The summed E-state index contributed by atoms with van der Waals surface area (Å²) in [5.74, 6) is 0. The highest BCUT2D eigenvalue weighted by molar-refractivity contribution is 7.80. The Morgan fingerprint density at radius 2 is 1.85 bits per heavy atom. The van der Waals surface area contributed by atoms with E-state index >= 15 is 0 Å². The average Bonchev–Trinajstić information content (AvgIpc) is 2.67. The monoisotopic (exact) mass is 382 g/mol. The molecule has 0 saturated heterocycles. The van der Waals surface area contributed by atoms with Gasteiger partial charge in [0.15, 0.2) is 5.11 Å². The average molecular weight is 383 g/mol. The third-order valence-corrected chi connectivity index (χ3v) is 4.85. The molecule has 0 fully saturated rings. The number of nitrogens with zero attached hydrogens (tertiary/aromatic N) is 2. The highest BCUT2D eigenvalue weighted by Crippen LogP contribution is 2.18. The lowest BCUT2D eigenvalue weighted by Gasteiger charge is -2.22. The third-order valence-electron chi connectivity index (χ3n) is 4.65. The summed E-state index contributed by atoms with van der Waals surface area (Å²) in [4.78, 5) is 2.39. The smallest absolute Gasteiger partial charge is 0.191 e. The molecule has 2 aromatic rings. The molecule has 5 heteroatoms. The lowest BCUT2D eigenvalue weighted by molar-refractivity contribution is 0.732. The van der Waals surface area contributed by atoms with Crippen LogP contribution in [0.15, 0.2) is 47.6 Å². The van der Waals surface area contributed by atoms with E-state index in [1.54, 1.807) is 6.21 Å². The van der Waals surface area contributed by atoms with E-state index in [9.17, 15) is 0 Å². The molecule has 0 spiro atoms. The van der Waals surface area contributed by atoms with Crippen LogP contribution in [-0.2, 0) is 0 Å². The van der Waals surface area contributed by atoms with Gasteiger partial charge in [0.05, 0.1) is 6.21 Å². The van der Waals surface area contributed by atoms with Crippen LogP contribution in [0, 0.1) is 13.8 Å². The molecule has 0 bridgehead atoms. The maximum absolute atomic E-state index is 5.32. The molecular formula is C22H30N4S. The van der Waals surface area contributed by atoms with Crippen molar-refractivity contribution >= 4 is 34.9 Å². The van der Waals surface area contributed by atoms with Crippen LogP contribution in [0.2, 0.25) is 0 Å². The number of nitrogens with one attached hydrogen (secondary N) is 2. The van der Waals surface area contributed by atoms with E-state index in [2.05, 4.69) is 78.8 Å². The molecule has 144 valence electrons. The molecule has 27 heavy (non-hydrogen) atoms. The first-order valence-corrected chi connectivity index (χ1v) is 9.97. The molecule has 0 aliphatic rings. The van der Waals surface area contributed by atoms with Crippen molar-refractivity contribution in [3.63, 3.8) is 0 Å². The zero-order valence-corrected chi connectivity index (χ0v) is 17.6. The zero-order chi connectivity index (χ0) is 19.6. The number of anilines is 2. The second kappa shape index (κ2) is 10.7. The largest absolute Gasteiger partial charge is 0.372 e. The van der Waals surface area contributed by atoms with E-state index < -0.39 is 0 Å². The lowest BCUT2D eigenvalue weighted by atomic mass is 10.1. The van der Waals surface area contributed by atoms with E-state index in [4.69, 9.17) is 12.2 Å². The number of hydrogen-bond donors (Lipinski definition) is 2. The molecule has 0 unspecified atom stereocenters. The van der Waals surface area contributed by atoms with Gasteiger partial charge in [0.25, 0.3) is 0 Å². The van der Waals surface area contributed by atoms with Gasteiger partial charge >= 0.3 is 0 Å². The summed E-state index contributed by atoms with van der Waals surface area (Å²) in [6.07, 6.45) is 4.21. The van der Waals surface area contributed by atoms with E-state index in [1.165, 1.54) is 29.7 Å². The van der Waals surface area contributed by atoms with Crippen LogP contribution in [0.1, 0.15) is 43.4 Å². The second-order valence-corrected chi connectivity index (χ2v) is 7.00. The summed E-state index contributed by atoms with van der Waals surface area (Å²) in [6, 6.07) is 14.6. The minimum absolute atomic E-state index is 0.480. The number of benzene rings is 2.